The quantitative estimate of drug-likeness (QED) is 0.0913. The number of nitrogen functional groups attached to an aromatic ring is 1. The molecule has 3 aromatic heterocycles. The molecule has 242 valence electrons. The number of thiazole rings is 1. The van der Waals surface area contributed by atoms with Crippen LogP contribution in [0.3, 0.4) is 0 Å². The Morgan fingerprint density at radius 3 is 2.44 bits per heavy atom. The Balaban J connectivity index is 1.21. The fourth-order valence-electron chi connectivity index (χ4n) is 5.12. The van der Waals surface area contributed by atoms with E-state index in [2.05, 4.69) is 29.8 Å². The molecule has 13 nitrogen and oxygen atoms in total. The van der Waals surface area contributed by atoms with Gasteiger partial charge in [0.1, 0.15) is 34.6 Å². The Bertz CT molecular complexity index is 2000. The third-order valence-corrected chi connectivity index (χ3v) is 11.4. The molecule has 5 heterocycles. The summed E-state index contributed by atoms with van der Waals surface area (Å²) in [6.07, 6.45) is 0.955. The highest BCUT2D eigenvalue weighted by atomic mass is 32.2. The van der Waals surface area contributed by atoms with Crippen LogP contribution in [0.1, 0.15) is 23.1 Å². The second-order valence-electron chi connectivity index (χ2n) is 10.2. The number of nitrogens with one attached hydrogen (secondary N) is 1. The molecule has 1 fully saturated rings. The zero-order valence-electron chi connectivity index (χ0n) is 24.9. The average Bonchev–Trinajstić information content (AvgIpc) is 3.74. The van der Waals surface area contributed by atoms with Crippen LogP contribution < -0.4 is 11.1 Å². The summed E-state index contributed by atoms with van der Waals surface area (Å²) in [4.78, 5) is 62.1. The van der Waals surface area contributed by atoms with Gasteiger partial charge in [0.05, 0.1) is 0 Å². The lowest BCUT2D eigenvalue weighted by molar-refractivity contribution is -0.154. The summed E-state index contributed by atoms with van der Waals surface area (Å²) < 4.78 is 10.9. The van der Waals surface area contributed by atoms with E-state index in [0.717, 1.165) is 33.0 Å². The lowest BCUT2D eigenvalue weighted by Gasteiger charge is -2.49. The number of esters is 1. The first kappa shape index (κ1) is 31.7. The molecule has 2 aliphatic rings. The van der Waals surface area contributed by atoms with Gasteiger partial charge in [-0.25, -0.2) is 14.8 Å². The molecule has 2 amide bonds. The van der Waals surface area contributed by atoms with Crippen molar-refractivity contribution in [1.29, 1.82) is 0 Å². The molecule has 7 rings (SSSR count). The number of fused-ring (bicyclic) bond motifs is 2. The number of amides is 2. The van der Waals surface area contributed by atoms with E-state index >= 15 is 0 Å². The van der Waals surface area contributed by atoms with Crippen molar-refractivity contribution in [2.75, 3.05) is 18.6 Å². The molecular formula is C31H24N8O5S4. The third kappa shape index (κ3) is 6.24. The second-order valence-corrected chi connectivity index (χ2v) is 14.4. The Morgan fingerprint density at radius 1 is 1.06 bits per heavy atom. The number of benzene rings is 2. The van der Waals surface area contributed by atoms with Crippen LogP contribution in [-0.2, 0) is 24.0 Å². The van der Waals surface area contributed by atoms with Gasteiger partial charge in [0, 0.05) is 28.4 Å². The number of oxime groups is 1. The Kier molecular flexibility index (Phi) is 9.07. The lowest BCUT2D eigenvalue weighted by atomic mass is 10.0. The van der Waals surface area contributed by atoms with E-state index < -0.39 is 35.3 Å². The number of rotatable bonds is 10. The van der Waals surface area contributed by atoms with Crippen molar-refractivity contribution in [2.45, 2.75) is 21.9 Å². The molecule has 0 saturated carbocycles. The maximum absolute atomic E-state index is 14.3. The second kappa shape index (κ2) is 13.7. The molecule has 2 unspecified atom stereocenters. The third-order valence-electron chi connectivity index (χ3n) is 7.25. The molecule has 0 radical (unpaired) electrons. The number of thioether (sulfide) groups is 2. The van der Waals surface area contributed by atoms with Crippen LogP contribution in [0.15, 0.2) is 99.1 Å². The molecule has 17 heteroatoms. The Hall–Kier alpha value is -4.84. The molecule has 2 aliphatic heterocycles. The van der Waals surface area contributed by atoms with Crippen LogP contribution in [-0.4, -0.2) is 72.0 Å². The van der Waals surface area contributed by atoms with Gasteiger partial charge in [-0.2, -0.15) is 9.36 Å². The zero-order chi connectivity index (χ0) is 33.2. The molecule has 2 aromatic carbocycles. The summed E-state index contributed by atoms with van der Waals surface area (Å²) >= 11 is 4.98. The molecule has 0 bridgehead atoms. The number of hydrogen-bond donors (Lipinski definition) is 2. The molecule has 1 saturated heterocycles. The first-order chi connectivity index (χ1) is 23.4. The van der Waals surface area contributed by atoms with E-state index in [4.69, 9.17) is 15.3 Å². The number of anilines is 1. The number of hydrogen-bond acceptors (Lipinski definition) is 15. The first-order valence-corrected chi connectivity index (χ1v) is 17.8. The van der Waals surface area contributed by atoms with Gasteiger partial charge in [0.25, 0.3) is 11.8 Å². The highest BCUT2D eigenvalue weighted by molar-refractivity contribution is 8.07. The van der Waals surface area contributed by atoms with Crippen molar-refractivity contribution in [2.24, 2.45) is 5.16 Å². The maximum Gasteiger partial charge on any atom is 0.356 e. The number of β-lactam (4-membered cyclic amide) rings is 1. The van der Waals surface area contributed by atoms with E-state index in [1.165, 1.54) is 46.9 Å². The maximum atomic E-state index is 14.3. The van der Waals surface area contributed by atoms with Gasteiger partial charge in [-0.15, -0.1) is 11.8 Å². The van der Waals surface area contributed by atoms with Crippen LogP contribution in [0.25, 0.3) is 10.3 Å². The highest BCUT2D eigenvalue weighted by Gasteiger charge is 2.55. The first-order valence-electron chi connectivity index (χ1n) is 14.3. The van der Waals surface area contributed by atoms with Gasteiger partial charge in [-0.3, -0.25) is 14.5 Å². The summed E-state index contributed by atoms with van der Waals surface area (Å²) in [5.74, 6) is -1.57. The molecule has 0 spiro atoms. The van der Waals surface area contributed by atoms with Crippen LogP contribution >= 0.6 is 46.4 Å². The van der Waals surface area contributed by atoms with Crippen molar-refractivity contribution in [3.8, 4) is 0 Å². The number of carbonyl (C=O) groups excluding carboxylic acids is 3. The lowest BCUT2D eigenvalue weighted by Crippen LogP contribution is -2.71. The van der Waals surface area contributed by atoms with Crippen molar-refractivity contribution in [3.05, 3.63) is 107 Å². The minimum absolute atomic E-state index is 0.0298. The molecule has 0 aliphatic carbocycles. The van der Waals surface area contributed by atoms with E-state index in [1.807, 2.05) is 72.8 Å². The van der Waals surface area contributed by atoms with Crippen molar-refractivity contribution < 1.29 is 24.0 Å². The van der Waals surface area contributed by atoms with E-state index in [9.17, 15) is 14.4 Å². The van der Waals surface area contributed by atoms with Crippen LogP contribution in [0, 0.1) is 0 Å². The molecule has 3 N–H and O–H groups in total. The smallest absolute Gasteiger partial charge is 0.356 e. The molecular weight excluding hydrogens is 693 g/mol. The Morgan fingerprint density at radius 2 is 1.79 bits per heavy atom. The van der Waals surface area contributed by atoms with Gasteiger partial charge >= 0.3 is 5.97 Å². The van der Waals surface area contributed by atoms with Crippen molar-refractivity contribution >= 4 is 85.4 Å². The normalized spacial score (nSPS) is 17.7. The predicted octanol–water partition coefficient (Wildman–Crippen LogP) is 4.21. The van der Waals surface area contributed by atoms with Crippen LogP contribution in [0.5, 0.6) is 0 Å². The van der Waals surface area contributed by atoms with Crippen molar-refractivity contribution in [1.82, 2.24) is 29.5 Å². The summed E-state index contributed by atoms with van der Waals surface area (Å²) in [5.41, 5.74) is 7.84. The average molecular weight is 717 g/mol. The summed E-state index contributed by atoms with van der Waals surface area (Å²) in [6, 6.07) is 21.5. The number of nitrogens with zero attached hydrogens (tertiary/aromatic N) is 6. The van der Waals surface area contributed by atoms with Crippen LogP contribution in [0.2, 0.25) is 0 Å². The van der Waals surface area contributed by atoms with Gasteiger partial charge in [0.2, 0.25) is 11.5 Å². The monoisotopic (exact) mass is 716 g/mol. The van der Waals surface area contributed by atoms with E-state index in [1.54, 1.807) is 6.20 Å². The fourth-order valence-corrected chi connectivity index (χ4v) is 9.17. The molecule has 2 atom stereocenters. The summed E-state index contributed by atoms with van der Waals surface area (Å²) in [5, 5.41) is 6.01. The Labute approximate surface area is 289 Å². The van der Waals surface area contributed by atoms with Gasteiger partial charge < -0.3 is 20.6 Å². The van der Waals surface area contributed by atoms with E-state index in [-0.39, 0.29) is 22.4 Å². The van der Waals surface area contributed by atoms with Gasteiger partial charge in [-0.05, 0) is 23.3 Å². The minimum atomic E-state index is -0.972. The van der Waals surface area contributed by atoms with Gasteiger partial charge in [0.15, 0.2) is 15.6 Å². The number of pyridine rings is 1. The predicted molar refractivity (Wildman–Crippen MR) is 184 cm³/mol. The molecule has 48 heavy (non-hydrogen) atoms. The number of carbonyl (C=O) groups is 3. The topological polar surface area (TPSA) is 175 Å². The van der Waals surface area contributed by atoms with E-state index in [0.29, 0.717) is 15.0 Å². The number of nitrogens with two attached hydrogens (primary N) is 1. The van der Waals surface area contributed by atoms with Crippen LogP contribution in [0.4, 0.5) is 5.13 Å². The summed E-state index contributed by atoms with van der Waals surface area (Å²) in [6.45, 7) is 0. The standard InChI is InChI=1S/C31H24N8O5S4/c1-43-37-20(24-36-30(32)48-38-24)25(40)35-21-27(41)39-22(19(15-45-28(21)39)46-31-34-18-13-8-14-33-26(18)47-31)29(42)44-23(16-9-4-2-5-10-16)17-11-6-3-7-12-17/h2-14,21,23,28H,15H2,1H3,(H,35,40)(H2,32,36,38)/b37-20-. The minimum Gasteiger partial charge on any atom is -0.448 e. The summed E-state index contributed by atoms with van der Waals surface area (Å²) in [7, 11) is 1.28. The highest BCUT2D eigenvalue weighted by Crippen LogP contribution is 2.47. The van der Waals surface area contributed by atoms with Gasteiger partial charge in [-0.1, -0.05) is 88.9 Å². The number of ether oxygens (including phenoxy) is 1. The zero-order valence-corrected chi connectivity index (χ0v) is 28.1. The number of aromatic nitrogens is 4. The largest absolute Gasteiger partial charge is 0.448 e. The van der Waals surface area contributed by atoms with Crippen molar-refractivity contribution in [3.63, 3.8) is 0 Å². The fraction of sp³-hybridized carbons (Fsp3) is 0.161. The molecule has 5 aromatic rings. The SMILES string of the molecule is CO/N=C(\C(=O)NC1C(=O)N2C(C(=O)OC(c3ccccc3)c3ccccc3)=C(Sc3nc4cccnc4s3)CSC12)c1nsc(N)n1.